The van der Waals surface area contributed by atoms with Gasteiger partial charge in [-0.25, -0.2) is 9.37 Å². The summed E-state index contributed by atoms with van der Waals surface area (Å²) in [6.07, 6.45) is 2.71. The van der Waals surface area contributed by atoms with Crippen molar-refractivity contribution in [2.75, 3.05) is 11.9 Å². The number of nitrogens with zero attached hydrogens (tertiary/aromatic N) is 2. The minimum atomic E-state index is -0.423. The molecule has 1 aromatic carbocycles. The van der Waals surface area contributed by atoms with Crippen molar-refractivity contribution < 1.29 is 13.9 Å². The van der Waals surface area contributed by atoms with Crippen LogP contribution in [0, 0.1) is 5.82 Å². The Labute approximate surface area is 145 Å². The lowest BCUT2D eigenvalue weighted by molar-refractivity contribution is 0.102. The number of carbonyl (C=O) groups is 1. The second-order valence-electron chi connectivity index (χ2n) is 5.63. The Balaban J connectivity index is 1.97. The molecule has 5 nitrogen and oxygen atoms in total. The van der Waals surface area contributed by atoms with Crippen molar-refractivity contribution in [3.63, 3.8) is 0 Å². The van der Waals surface area contributed by atoms with E-state index in [9.17, 15) is 9.18 Å². The first-order valence-corrected chi connectivity index (χ1v) is 8.33. The molecule has 0 atom stereocenters. The average molecular weight is 341 g/mol. The van der Waals surface area contributed by atoms with Gasteiger partial charge in [0.1, 0.15) is 22.9 Å². The number of benzene rings is 1. The summed E-state index contributed by atoms with van der Waals surface area (Å²) in [5.41, 5.74) is 2.07. The number of hydrogen-bond donors (Lipinski definition) is 1. The van der Waals surface area contributed by atoms with Gasteiger partial charge in [0.25, 0.3) is 5.91 Å². The quantitative estimate of drug-likeness (QED) is 0.735. The summed E-state index contributed by atoms with van der Waals surface area (Å²) in [5.74, 6) is -0.161. The lowest BCUT2D eigenvalue weighted by Crippen LogP contribution is -2.17. The largest absolute Gasteiger partial charge is 0.491 e. The van der Waals surface area contributed by atoms with Crippen LogP contribution in [-0.2, 0) is 6.42 Å². The summed E-state index contributed by atoms with van der Waals surface area (Å²) >= 11 is 0. The molecular weight excluding hydrogens is 321 g/mol. The lowest BCUT2D eigenvalue weighted by atomic mass is 10.2. The van der Waals surface area contributed by atoms with Gasteiger partial charge in [-0.05, 0) is 37.1 Å². The van der Waals surface area contributed by atoms with Gasteiger partial charge >= 0.3 is 0 Å². The highest BCUT2D eigenvalue weighted by molar-refractivity contribution is 6.05. The van der Waals surface area contributed by atoms with Gasteiger partial charge in [-0.2, -0.15) is 0 Å². The summed E-state index contributed by atoms with van der Waals surface area (Å²) in [7, 11) is 0. The number of carbonyl (C=O) groups excluding carboxylic acids is 1. The maximum absolute atomic E-state index is 13.6. The van der Waals surface area contributed by atoms with E-state index in [1.165, 1.54) is 16.7 Å². The maximum atomic E-state index is 13.6. The normalized spacial score (nSPS) is 10.8. The molecule has 3 rings (SSSR count). The highest BCUT2D eigenvalue weighted by Crippen LogP contribution is 2.25. The number of halogens is 1. The van der Waals surface area contributed by atoms with Gasteiger partial charge in [-0.15, -0.1) is 0 Å². The third kappa shape index (κ3) is 3.47. The second kappa shape index (κ2) is 7.34. The van der Waals surface area contributed by atoms with Gasteiger partial charge in [-0.1, -0.05) is 26.0 Å². The number of rotatable bonds is 6. The van der Waals surface area contributed by atoms with Crippen molar-refractivity contribution in [2.45, 2.75) is 26.7 Å². The Morgan fingerprint density at radius 2 is 2.04 bits per heavy atom. The molecular formula is C19H20FN3O2. The van der Waals surface area contributed by atoms with Gasteiger partial charge in [0, 0.05) is 6.20 Å². The average Bonchev–Trinajstić information content (AvgIpc) is 2.98. The molecule has 1 amide bonds. The maximum Gasteiger partial charge on any atom is 0.274 e. The van der Waals surface area contributed by atoms with E-state index >= 15 is 0 Å². The molecule has 2 aromatic heterocycles. The topological polar surface area (TPSA) is 55.6 Å². The van der Waals surface area contributed by atoms with Gasteiger partial charge < -0.3 is 10.1 Å². The number of imidazole rings is 1. The van der Waals surface area contributed by atoms with Crippen LogP contribution in [0.1, 0.15) is 36.5 Å². The minimum absolute atomic E-state index is 0.335. The molecule has 130 valence electrons. The molecule has 0 bridgehead atoms. The SMILES string of the molecule is CCCOc1ccccc1NC(=O)c1c(CC)nc2ccc(F)cn12. The molecule has 0 unspecified atom stereocenters. The Morgan fingerprint density at radius 3 is 2.80 bits per heavy atom. The number of hydrogen-bond acceptors (Lipinski definition) is 3. The van der Waals surface area contributed by atoms with E-state index in [1.54, 1.807) is 18.2 Å². The zero-order valence-electron chi connectivity index (χ0n) is 14.3. The molecule has 0 aliphatic carbocycles. The first-order chi connectivity index (χ1) is 12.1. The summed E-state index contributed by atoms with van der Waals surface area (Å²) in [6.45, 7) is 4.49. The molecule has 0 fully saturated rings. The summed E-state index contributed by atoms with van der Waals surface area (Å²) in [5, 5.41) is 2.86. The van der Waals surface area contributed by atoms with Crippen molar-refractivity contribution in [3.8, 4) is 5.75 Å². The molecule has 0 spiro atoms. The first-order valence-electron chi connectivity index (χ1n) is 8.33. The molecule has 2 heterocycles. The van der Waals surface area contributed by atoms with Crippen LogP contribution < -0.4 is 10.1 Å². The van der Waals surface area contributed by atoms with Crippen LogP contribution >= 0.6 is 0 Å². The number of ether oxygens (including phenoxy) is 1. The van der Waals surface area contributed by atoms with Crippen LogP contribution in [0.3, 0.4) is 0 Å². The molecule has 0 aliphatic heterocycles. The first kappa shape index (κ1) is 17.0. The molecule has 0 radical (unpaired) electrons. The molecule has 25 heavy (non-hydrogen) atoms. The smallest absolute Gasteiger partial charge is 0.274 e. The van der Waals surface area contributed by atoms with E-state index in [1.807, 2.05) is 26.0 Å². The number of fused-ring (bicyclic) bond motifs is 1. The zero-order chi connectivity index (χ0) is 17.8. The second-order valence-corrected chi connectivity index (χ2v) is 5.63. The number of aryl methyl sites for hydroxylation is 1. The van der Waals surface area contributed by atoms with Crippen LogP contribution in [0.15, 0.2) is 42.6 Å². The molecule has 3 aromatic rings. The van der Waals surface area contributed by atoms with E-state index in [4.69, 9.17) is 4.74 Å². The Hall–Kier alpha value is -2.89. The number of amides is 1. The Morgan fingerprint density at radius 1 is 1.24 bits per heavy atom. The fourth-order valence-electron chi connectivity index (χ4n) is 2.64. The Bertz CT molecular complexity index is 905. The van der Waals surface area contributed by atoms with Crippen molar-refractivity contribution in [1.82, 2.24) is 9.38 Å². The van der Waals surface area contributed by atoms with Gasteiger partial charge in [-0.3, -0.25) is 9.20 Å². The molecule has 0 saturated carbocycles. The van der Waals surface area contributed by atoms with E-state index < -0.39 is 5.82 Å². The summed E-state index contributed by atoms with van der Waals surface area (Å²) < 4.78 is 20.8. The van der Waals surface area contributed by atoms with E-state index in [0.29, 0.717) is 41.5 Å². The standard InChI is InChI=1S/C19H20FN3O2/c1-3-11-25-16-8-6-5-7-15(16)22-19(24)18-14(4-2)21-17-10-9-13(20)12-23(17)18/h5-10,12H,3-4,11H2,1-2H3,(H,22,24). The molecule has 0 aliphatic rings. The van der Waals surface area contributed by atoms with E-state index in [-0.39, 0.29) is 5.91 Å². The fraction of sp³-hybridized carbons (Fsp3) is 0.263. The van der Waals surface area contributed by atoms with Gasteiger partial charge in [0.05, 0.1) is 18.0 Å². The van der Waals surface area contributed by atoms with Crippen LogP contribution in [0.5, 0.6) is 5.75 Å². The fourth-order valence-corrected chi connectivity index (χ4v) is 2.64. The predicted octanol–water partition coefficient (Wildman–Crippen LogP) is 4.08. The summed E-state index contributed by atoms with van der Waals surface area (Å²) in [6, 6.07) is 10.1. The minimum Gasteiger partial charge on any atom is -0.491 e. The van der Waals surface area contributed by atoms with Crippen LogP contribution in [0.4, 0.5) is 10.1 Å². The lowest BCUT2D eigenvalue weighted by Gasteiger charge is -2.12. The van der Waals surface area contributed by atoms with Crippen molar-refractivity contribution >= 4 is 17.2 Å². The molecule has 0 saturated heterocycles. The van der Waals surface area contributed by atoms with Crippen molar-refractivity contribution in [1.29, 1.82) is 0 Å². The summed E-state index contributed by atoms with van der Waals surface area (Å²) in [4.78, 5) is 17.3. The highest BCUT2D eigenvalue weighted by atomic mass is 19.1. The van der Waals surface area contributed by atoms with Gasteiger partial charge in [0.2, 0.25) is 0 Å². The highest BCUT2D eigenvalue weighted by Gasteiger charge is 2.19. The van der Waals surface area contributed by atoms with E-state index in [0.717, 1.165) is 6.42 Å². The molecule has 6 heteroatoms. The van der Waals surface area contributed by atoms with Crippen molar-refractivity contribution in [3.05, 3.63) is 59.8 Å². The van der Waals surface area contributed by atoms with Crippen LogP contribution in [-0.4, -0.2) is 21.9 Å². The monoisotopic (exact) mass is 341 g/mol. The third-order valence-corrected chi connectivity index (χ3v) is 3.80. The van der Waals surface area contributed by atoms with Gasteiger partial charge in [0.15, 0.2) is 0 Å². The van der Waals surface area contributed by atoms with E-state index in [2.05, 4.69) is 10.3 Å². The van der Waals surface area contributed by atoms with Crippen LogP contribution in [0.25, 0.3) is 5.65 Å². The third-order valence-electron chi connectivity index (χ3n) is 3.80. The number of pyridine rings is 1. The number of aromatic nitrogens is 2. The number of para-hydroxylation sites is 2. The predicted molar refractivity (Wildman–Crippen MR) is 94.7 cm³/mol. The Kier molecular flexibility index (Phi) is 4.97. The number of nitrogens with one attached hydrogen (secondary N) is 1. The van der Waals surface area contributed by atoms with Crippen molar-refractivity contribution in [2.24, 2.45) is 0 Å². The number of anilines is 1. The zero-order valence-corrected chi connectivity index (χ0v) is 14.3. The molecule has 1 N–H and O–H groups in total. The van der Waals surface area contributed by atoms with Crippen LogP contribution in [0.2, 0.25) is 0 Å².